The number of benzene rings is 1. The lowest BCUT2D eigenvalue weighted by Crippen LogP contribution is -2.26. The van der Waals surface area contributed by atoms with Crippen molar-refractivity contribution >= 4 is 5.69 Å². The van der Waals surface area contributed by atoms with Gasteiger partial charge in [-0.2, -0.15) is 0 Å². The molecule has 18 heavy (non-hydrogen) atoms. The van der Waals surface area contributed by atoms with Gasteiger partial charge in [0.05, 0.1) is 13.7 Å². The van der Waals surface area contributed by atoms with E-state index in [2.05, 4.69) is 12.2 Å². The standard InChI is InChI=1S/C14H24N2O2/c1-11-9-13(18-3)6-7-14(11)16-12(10-17-2)5-4-8-15/h6-7,9,12,16H,4-5,8,10,15H2,1-3H3. The van der Waals surface area contributed by atoms with Crippen LogP contribution in [0.15, 0.2) is 18.2 Å². The molecule has 0 aliphatic heterocycles. The van der Waals surface area contributed by atoms with Gasteiger partial charge in [0.2, 0.25) is 0 Å². The van der Waals surface area contributed by atoms with Crippen LogP contribution in [0.2, 0.25) is 0 Å². The Morgan fingerprint density at radius 2 is 2.11 bits per heavy atom. The normalized spacial score (nSPS) is 12.2. The second-order valence-electron chi connectivity index (χ2n) is 4.41. The van der Waals surface area contributed by atoms with Crippen LogP contribution >= 0.6 is 0 Å². The molecule has 0 aliphatic carbocycles. The molecular formula is C14H24N2O2. The molecule has 0 fully saturated rings. The Morgan fingerprint density at radius 3 is 2.67 bits per heavy atom. The zero-order valence-electron chi connectivity index (χ0n) is 11.5. The summed E-state index contributed by atoms with van der Waals surface area (Å²) in [5.74, 6) is 0.878. The lowest BCUT2D eigenvalue weighted by molar-refractivity contribution is 0.182. The fourth-order valence-corrected chi connectivity index (χ4v) is 1.91. The van der Waals surface area contributed by atoms with E-state index >= 15 is 0 Å². The van der Waals surface area contributed by atoms with Gasteiger partial charge in [-0.3, -0.25) is 0 Å². The SMILES string of the molecule is COCC(CCCN)Nc1ccc(OC)cc1C. The average molecular weight is 252 g/mol. The van der Waals surface area contributed by atoms with Crippen LogP contribution in [-0.4, -0.2) is 33.4 Å². The van der Waals surface area contributed by atoms with Crippen LogP contribution in [0.3, 0.4) is 0 Å². The molecule has 0 bridgehead atoms. The van der Waals surface area contributed by atoms with Gasteiger partial charge in [0.15, 0.2) is 0 Å². The molecule has 3 N–H and O–H groups in total. The van der Waals surface area contributed by atoms with Crippen LogP contribution in [0.25, 0.3) is 0 Å². The highest BCUT2D eigenvalue weighted by molar-refractivity contribution is 5.54. The quantitative estimate of drug-likeness (QED) is 0.744. The molecule has 4 heteroatoms. The molecule has 0 heterocycles. The highest BCUT2D eigenvalue weighted by Gasteiger charge is 2.09. The molecule has 1 aromatic rings. The summed E-state index contributed by atoms with van der Waals surface area (Å²) in [6.45, 7) is 3.46. The van der Waals surface area contributed by atoms with Gasteiger partial charge in [-0.1, -0.05) is 0 Å². The summed E-state index contributed by atoms with van der Waals surface area (Å²) in [6.07, 6.45) is 2.01. The van der Waals surface area contributed by atoms with Crippen molar-refractivity contribution in [2.24, 2.45) is 5.73 Å². The Bertz CT molecular complexity index is 356. The number of methoxy groups -OCH3 is 2. The first kappa shape index (κ1) is 14.8. The van der Waals surface area contributed by atoms with Crippen LogP contribution in [-0.2, 0) is 4.74 Å². The van der Waals surface area contributed by atoms with Gasteiger partial charge in [0.1, 0.15) is 5.75 Å². The number of anilines is 1. The first-order valence-electron chi connectivity index (χ1n) is 6.31. The number of nitrogens with two attached hydrogens (primary N) is 1. The Balaban J connectivity index is 2.67. The van der Waals surface area contributed by atoms with Gasteiger partial charge in [-0.05, 0) is 50.1 Å². The third-order valence-electron chi connectivity index (χ3n) is 2.92. The van der Waals surface area contributed by atoms with Gasteiger partial charge < -0.3 is 20.5 Å². The van der Waals surface area contributed by atoms with Crippen molar-refractivity contribution < 1.29 is 9.47 Å². The number of hydrogen-bond donors (Lipinski definition) is 2. The Hall–Kier alpha value is -1.26. The van der Waals surface area contributed by atoms with E-state index in [1.54, 1.807) is 14.2 Å². The highest BCUT2D eigenvalue weighted by Crippen LogP contribution is 2.22. The van der Waals surface area contributed by atoms with Crippen LogP contribution in [0, 0.1) is 6.92 Å². The minimum atomic E-state index is 0.297. The van der Waals surface area contributed by atoms with Gasteiger partial charge in [0.25, 0.3) is 0 Å². The summed E-state index contributed by atoms with van der Waals surface area (Å²) < 4.78 is 10.4. The maximum Gasteiger partial charge on any atom is 0.119 e. The molecule has 0 spiro atoms. The van der Waals surface area contributed by atoms with Crippen LogP contribution < -0.4 is 15.8 Å². The molecule has 1 unspecified atom stereocenters. The molecule has 0 saturated heterocycles. The van der Waals surface area contributed by atoms with E-state index in [-0.39, 0.29) is 0 Å². The topological polar surface area (TPSA) is 56.5 Å². The smallest absolute Gasteiger partial charge is 0.119 e. The van der Waals surface area contributed by atoms with Crippen LogP contribution in [0.5, 0.6) is 5.75 Å². The Kier molecular flexibility index (Phi) is 6.54. The molecule has 0 aliphatic rings. The van der Waals surface area contributed by atoms with Crippen molar-refractivity contribution in [2.45, 2.75) is 25.8 Å². The van der Waals surface area contributed by atoms with Crippen molar-refractivity contribution in [1.29, 1.82) is 0 Å². The maximum atomic E-state index is 5.55. The zero-order valence-corrected chi connectivity index (χ0v) is 11.5. The average Bonchev–Trinajstić information content (AvgIpc) is 2.38. The number of aryl methyl sites for hydroxylation is 1. The first-order valence-corrected chi connectivity index (χ1v) is 6.31. The fraction of sp³-hybridized carbons (Fsp3) is 0.571. The second kappa shape index (κ2) is 7.95. The summed E-state index contributed by atoms with van der Waals surface area (Å²) in [6, 6.07) is 6.32. The minimum absolute atomic E-state index is 0.297. The molecule has 0 amide bonds. The van der Waals surface area contributed by atoms with E-state index in [1.807, 2.05) is 18.2 Å². The first-order chi connectivity index (χ1) is 8.71. The number of rotatable bonds is 8. The molecule has 0 saturated carbocycles. The van der Waals surface area contributed by atoms with E-state index < -0.39 is 0 Å². The lowest BCUT2D eigenvalue weighted by atomic mass is 10.1. The third-order valence-corrected chi connectivity index (χ3v) is 2.92. The molecule has 1 rings (SSSR count). The molecule has 1 aromatic carbocycles. The lowest BCUT2D eigenvalue weighted by Gasteiger charge is -2.20. The van der Waals surface area contributed by atoms with E-state index in [9.17, 15) is 0 Å². The number of hydrogen-bond acceptors (Lipinski definition) is 4. The maximum absolute atomic E-state index is 5.55. The van der Waals surface area contributed by atoms with E-state index in [4.69, 9.17) is 15.2 Å². The van der Waals surface area contributed by atoms with Gasteiger partial charge in [-0.25, -0.2) is 0 Å². The van der Waals surface area contributed by atoms with Crippen molar-refractivity contribution in [2.75, 3.05) is 32.7 Å². The highest BCUT2D eigenvalue weighted by atomic mass is 16.5. The summed E-state index contributed by atoms with van der Waals surface area (Å²) in [5.41, 5.74) is 7.84. The summed E-state index contributed by atoms with van der Waals surface area (Å²) in [4.78, 5) is 0. The largest absolute Gasteiger partial charge is 0.497 e. The monoisotopic (exact) mass is 252 g/mol. The van der Waals surface area contributed by atoms with E-state index in [0.29, 0.717) is 19.2 Å². The molecular weight excluding hydrogens is 228 g/mol. The van der Waals surface area contributed by atoms with Gasteiger partial charge in [0, 0.05) is 18.8 Å². The minimum Gasteiger partial charge on any atom is -0.497 e. The Labute approximate surface area is 109 Å². The van der Waals surface area contributed by atoms with E-state index in [0.717, 1.165) is 24.3 Å². The molecule has 0 radical (unpaired) electrons. The molecule has 4 nitrogen and oxygen atoms in total. The van der Waals surface area contributed by atoms with Gasteiger partial charge in [-0.15, -0.1) is 0 Å². The second-order valence-corrected chi connectivity index (χ2v) is 4.41. The van der Waals surface area contributed by atoms with Crippen molar-refractivity contribution in [3.05, 3.63) is 23.8 Å². The molecule has 102 valence electrons. The van der Waals surface area contributed by atoms with Crippen molar-refractivity contribution in [3.63, 3.8) is 0 Å². The zero-order chi connectivity index (χ0) is 13.4. The van der Waals surface area contributed by atoms with Gasteiger partial charge >= 0.3 is 0 Å². The summed E-state index contributed by atoms with van der Waals surface area (Å²) in [5, 5.41) is 3.50. The predicted octanol–water partition coefficient (Wildman–Crippen LogP) is 2.17. The van der Waals surface area contributed by atoms with E-state index in [1.165, 1.54) is 5.56 Å². The Morgan fingerprint density at radius 1 is 1.33 bits per heavy atom. The predicted molar refractivity (Wildman–Crippen MR) is 75.3 cm³/mol. The van der Waals surface area contributed by atoms with Crippen LogP contribution in [0.1, 0.15) is 18.4 Å². The molecule has 1 atom stereocenters. The summed E-state index contributed by atoms with van der Waals surface area (Å²) in [7, 11) is 3.40. The van der Waals surface area contributed by atoms with Crippen molar-refractivity contribution in [3.8, 4) is 5.75 Å². The fourth-order valence-electron chi connectivity index (χ4n) is 1.91. The number of nitrogens with one attached hydrogen (secondary N) is 1. The summed E-state index contributed by atoms with van der Waals surface area (Å²) >= 11 is 0. The molecule has 0 aromatic heterocycles. The van der Waals surface area contributed by atoms with Crippen LogP contribution in [0.4, 0.5) is 5.69 Å². The van der Waals surface area contributed by atoms with Crippen molar-refractivity contribution in [1.82, 2.24) is 0 Å². The third kappa shape index (κ3) is 4.55. The number of ether oxygens (including phenoxy) is 2.